The topological polar surface area (TPSA) is 15.3 Å². The monoisotopic (exact) mass is 322 g/mol. The van der Waals surface area contributed by atoms with Gasteiger partial charge in [-0.1, -0.05) is 48.3 Å². The van der Waals surface area contributed by atoms with E-state index in [1.165, 1.54) is 11.1 Å². The Bertz CT molecular complexity index is 582. The molecule has 0 fully saturated rings. The van der Waals surface area contributed by atoms with Gasteiger partial charge in [0.2, 0.25) is 0 Å². The van der Waals surface area contributed by atoms with Gasteiger partial charge in [-0.05, 0) is 41.9 Å². The smallest absolute Gasteiger partial charge is 0.0427 e. The Balaban J connectivity index is 2.18. The third-order valence-electron chi connectivity index (χ3n) is 3.36. The fourth-order valence-electron chi connectivity index (χ4n) is 2.25. The zero-order chi connectivity index (χ0) is 15.2. The first-order valence-corrected chi connectivity index (χ1v) is 7.80. The molecule has 0 bridgehead atoms. The molecule has 0 heterocycles. The Kier molecular flexibility index (Phi) is 5.92. The summed E-state index contributed by atoms with van der Waals surface area (Å²) in [6.07, 6.45) is 0. The number of nitrogens with zero attached hydrogens (tertiary/aromatic N) is 1. The van der Waals surface area contributed by atoms with Crippen molar-refractivity contribution in [1.29, 1.82) is 0 Å². The fraction of sp³-hybridized carbons (Fsp3) is 0.294. The molecule has 2 rings (SSSR count). The Hall–Kier alpha value is -1.22. The second-order valence-corrected chi connectivity index (χ2v) is 5.91. The molecule has 2 aromatic carbocycles. The number of nitrogens with one attached hydrogen (secondary N) is 1. The van der Waals surface area contributed by atoms with E-state index in [-0.39, 0.29) is 0 Å². The summed E-state index contributed by atoms with van der Waals surface area (Å²) in [5.74, 6) is 0. The van der Waals surface area contributed by atoms with Crippen LogP contribution in [0.1, 0.15) is 18.1 Å². The van der Waals surface area contributed by atoms with Crippen molar-refractivity contribution in [3.05, 3.63) is 63.6 Å². The van der Waals surface area contributed by atoms with E-state index in [9.17, 15) is 0 Å². The zero-order valence-corrected chi connectivity index (χ0v) is 13.9. The van der Waals surface area contributed by atoms with Gasteiger partial charge >= 0.3 is 0 Å². The normalized spacial score (nSPS) is 10.7. The highest BCUT2D eigenvalue weighted by Gasteiger charge is 2.09. The molecule has 0 saturated carbocycles. The van der Waals surface area contributed by atoms with Crippen molar-refractivity contribution in [2.45, 2.75) is 20.0 Å². The lowest BCUT2D eigenvalue weighted by Crippen LogP contribution is -2.20. The Labute approximate surface area is 136 Å². The minimum absolute atomic E-state index is 0.758. The largest absolute Gasteiger partial charge is 0.370 e. The van der Waals surface area contributed by atoms with E-state index in [4.69, 9.17) is 23.2 Å². The van der Waals surface area contributed by atoms with Gasteiger partial charge in [0.15, 0.2) is 0 Å². The Morgan fingerprint density at radius 1 is 1.00 bits per heavy atom. The van der Waals surface area contributed by atoms with Gasteiger partial charge < -0.3 is 10.2 Å². The molecule has 0 aliphatic carbocycles. The van der Waals surface area contributed by atoms with Crippen LogP contribution < -0.4 is 10.2 Å². The maximum Gasteiger partial charge on any atom is 0.0427 e. The summed E-state index contributed by atoms with van der Waals surface area (Å²) in [4.78, 5) is 2.21. The highest BCUT2D eigenvalue weighted by Crippen LogP contribution is 2.25. The third kappa shape index (κ3) is 4.63. The zero-order valence-electron chi connectivity index (χ0n) is 12.4. The maximum atomic E-state index is 6.15. The molecule has 0 amide bonds. The van der Waals surface area contributed by atoms with E-state index in [2.05, 4.69) is 30.3 Å². The van der Waals surface area contributed by atoms with Gasteiger partial charge in [0, 0.05) is 35.9 Å². The highest BCUT2D eigenvalue weighted by atomic mass is 35.5. The van der Waals surface area contributed by atoms with Gasteiger partial charge in [0.25, 0.3) is 0 Å². The number of hydrogen-bond donors (Lipinski definition) is 1. The second-order valence-electron chi connectivity index (χ2n) is 5.04. The molecular weight excluding hydrogens is 303 g/mol. The van der Waals surface area contributed by atoms with Gasteiger partial charge in [-0.2, -0.15) is 0 Å². The van der Waals surface area contributed by atoms with Crippen molar-refractivity contribution < 1.29 is 0 Å². The molecule has 0 aromatic heterocycles. The lowest BCUT2D eigenvalue weighted by molar-refractivity contribution is 0.723. The van der Waals surface area contributed by atoms with Gasteiger partial charge in [-0.15, -0.1) is 0 Å². The van der Waals surface area contributed by atoms with Crippen LogP contribution in [-0.4, -0.2) is 13.6 Å². The predicted molar refractivity (Wildman–Crippen MR) is 92.4 cm³/mol. The molecule has 0 aliphatic rings. The molecule has 2 nitrogen and oxygen atoms in total. The molecule has 112 valence electrons. The average molecular weight is 323 g/mol. The van der Waals surface area contributed by atoms with E-state index in [0.717, 1.165) is 35.4 Å². The van der Waals surface area contributed by atoms with Crippen molar-refractivity contribution in [3.8, 4) is 0 Å². The quantitative estimate of drug-likeness (QED) is 0.826. The fourth-order valence-corrected chi connectivity index (χ4v) is 2.54. The molecule has 0 radical (unpaired) electrons. The average Bonchev–Trinajstić information content (AvgIpc) is 2.48. The van der Waals surface area contributed by atoms with Crippen LogP contribution in [0.5, 0.6) is 0 Å². The van der Waals surface area contributed by atoms with E-state index < -0.39 is 0 Å². The number of hydrogen-bond acceptors (Lipinski definition) is 2. The molecule has 0 unspecified atom stereocenters. The summed E-state index contributed by atoms with van der Waals surface area (Å²) < 4.78 is 0. The van der Waals surface area contributed by atoms with E-state index in [0.29, 0.717) is 0 Å². The minimum Gasteiger partial charge on any atom is -0.370 e. The molecule has 21 heavy (non-hydrogen) atoms. The summed E-state index contributed by atoms with van der Waals surface area (Å²) in [5, 5.41) is 4.88. The third-order valence-corrected chi connectivity index (χ3v) is 3.84. The van der Waals surface area contributed by atoms with Crippen molar-refractivity contribution in [3.63, 3.8) is 0 Å². The van der Waals surface area contributed by atoms with E-state index in [1.54, 1.807) is 0 Å². The van der Waals surface area contributed by atoms with Gasteiger partial charge in [0.05, 0.1) is 0 Å². The van der Waals surface area contributed by atoms with E-state index >= 15 is 0 Å². The van der Waals surface area contributed by atoms with Crippen LogP contribution in [0.3, 0.4) is 0 Å². The summed E-state index contributed by atoms with van der Waals surface area (Å²) in [6, 6.07) is 14.0. The molecule has 0 spiro atoms. The van der Waals surface area contributed by atoms with Crippen LogP contribution in [0.2, 0.25) is 10.0 Å². The lowest BCUT2D eigenvalue weighted by Gasteiger charge is -2.23. The lowest BCUT2D eigenvalue weighted by atomic mass is 10.1. The van der Waals surface area contributed by atoms with Crippen LogP contribution in [0.4, 0.5) is 5.69 Å². The highest BCUT2D eigenvalue weighted by molar-refractivity contribution is 6.31. The number of anilines is 1. The summed E-state index contributed by atoms with van der Waals surface area (Å²) >= 11 is 12.1. The first kappa shape index (κ1) is 16.2. The van der Waals surface area contributed by atoms with Crippen LogP contribution >= 0.6 is 23.2 Å². The number of benzene rings is 2. The SMILES string of the molecule is CCNCc1ccc(Cl)cc1N(C)Cc1ccc(Cl)cc1. The molecule has 0 atom stereocenters. The van der Waals surface area contributed by atoms with Crippen LogP contribution in [0.15, 0.2) is 42.5 Å². The first-order valence-electron chi connectivity index (χ1n) is 7.05. The van der Waals surface area contributed by atoms with E-state index in [1.807, 2.05) is 36.4 Å². The molecular formula is C17H20Cl2N2. The van der Waals surface area contributed by atoms with Crippen LogP contribution in [0.25, 0.3) is 0 Å². The van der Waals surface area contributed by atoms with Gasteiger partial charge in [-0.25, -0.2) is 0 Å². The van der Waals surface area contributed by atoms with Crippen molar-refractivity contribution >= 4 is 28.9 Å². The summed E-state index contributed by atoms with van der Waals surface area (Å²) in [5.41, 5.74) is 3.62. The molecule has 1 N–H and O–H groups in total. The Morgan fingerprint density at radius 3 is 2.33 bits per heavy atom. The van der Waals surface area contributed by atoms with Crippen LogP contribution in [-0.2, 0) is 13.1 Å². The van der Waals surface area contributed by atoms with Crippen molar-refractivity contribution in [1.82, 2.24) is 5.32 Å². The van der Waals surface area contributed by atoms with Crippen molar-refractivity contribution in [2.75, 3.05) is 18.5 Å². The molecule has 0 saturated heterocycles. The summed E-state index contributed by atoms with van der Waals surface area (Å²) in [6.45, 7) is 4.71. The maximum absolute atomic E-state index is 6.15. The molecule has 2 aromatic rings. The molecule has 0 aliphatic heterocycles. The standard InChI is InChI=1S/C17H20Cl2N2/c1-3-20-11-14-6-9-16(19)10-17(14)21(2)12-13-4-7-15(18)8-5-13/h4-10,20H,3,11-12H2,1-2H3. The molecule has 4 heteroatoms. The Morgan fingerprint density at radius 2 is 1.67 bits per heavy atom. The predicted octanol–water partition coefficient (Wildman–Crippen LogP) is 4.74. The minimum atomic E-state index is 0.758. The van der Waals surface area contributed by atoms with Gasteiger partial charge in [-0.3, -0.25) is 0 Å². The van der Waals surface area contributed by atoms with Crippen LogP contribution in [0, 0.1) is 0 Å². The second kappa shape index (κ2) is 7.69. The van der Waals surface area contributed by atoms with Gasteiger partial charge in [0.1, 0.15) is 0 Å². The van der Waals surface area contributed by atoms with Crippen molar-refractivity contribution in [2.24, 2.45) is 0 Å². The number of rotatable bonds is 6. The number of halogens is 2. The summed E-state index contributed by atoms with van der Waals surface area (Å²) in [7, 11) is 2.08. The first-order chi connectivity index (χ1) is 10.1.